The molecule has 1 unspecified atom stereocenters. The fourth-order valence-electron chi connectivity index (χ4n) is 2.15. The number of carbonyl (C=O) groups is 3. The van der Waals surface area contributed by atoms with E-state index in [9.17, 15) is 19.5 Å². The first-order chi connectivity index (χ1) is 10.8. The second kappa shape index (κ2) is 6.97. The van der Waals surface area contributed by atoms with Gasteiger partial charge in [-0.15, -0.1) is 0 Å². The van der Waals surface area contributed by atoms with Gasteiger partial charge in [-0.3, -0.25) is 14.5 Å². The number of aliphatic carboxylic acids is 1. The van der Waals surface area contributed by atoms with Crippen molar-refractivity contribution < 1.29 is 19.5 Å². The summed E-state index contributed by atoms with van der Waals surface area (Å²) < 4.78 is 1.99. The summed E-state index contributed by atoms with van der Waals surface area (Å²) in [5.41, 5.74) is 5.87. The Bertz CT molecular complexity index is 711. The molecule has 0 aromatic carbocycles. The number of nitrogens with two attached hydrogens (primary N) is 1. The van der Waals surface area contributed by atoms with E-state index in [2.05, 4.69) is 0 Å². The summed E-state index contributed by atoms with van der Waals surface area (Å²) in [5.74, 6) is -2.31. The third-order valence-corrected chi connectivity index (χ3v) is 4.57. The molecule has 0 radical (unpaired) electrons. The summed E-state index contributed by atoms with van der Waals surface area (Å²) >= 11 is 6.18. The number of thioether (sulfide) groups is 1. The lowest BCUT2D eigenvalue weighted by Crippen LogP contribution is -2.44. The average molecular weight is 353 g/mol. The van der Waals surface area contributed by atoms with Crippen LogP contribution in [0.5, 0.6) is 0 Å². The van der Waals surface area contributed by atoms with Crippen molar-refractivity contribution in [2.24, 2.45) is 12.8 Å². The third kappa shape index (κ3) is 3.99. The summed E-state index contributed by atoms with van der Waals surface area (Å²) in [5, 5.41) is 9.32. The van der Waals surface area contributed by atoms with Gasteiger partial charge >= 0.3 is 5.97 Å². The Morgan fingerprint density at radius 3 is 2.74 bits per heavy atom. The number of aryl methyl sites for hydroxylation is 1. The number of hydrogen-bond acceptors (Lipinski definition) is 5. The van der Waals surface area contributed by atoms with Crippen LogP contribution in [0.2, 0.25) is 0 Å². The zero-order valence-electron chi connectivity index (χ0n) is 12.3. The van der Waals surface area contributed by atoms with Gasteiger partial charge in [-0.2, -0.15) is 0 Å². The predicted molar refractivity (Wildman–Crippen MR) is 90.3 cm³/mol. The number of carboxylic acids is 1. The van der Waals surface area contributed by atoms with E-state index in [4.69, 9.17) is 18.0 Å². The number of nitrogens with zero attached hydrogens (tertiary/aromatic N) is 2. The van der Waals surface area contributed by atoms with Crippen LogP contribution in [0.15, 0.2) is 23.4 Å². The van der Waals surface area contributed by atoms with E-state index in [0.29, 0.717) is 4.91 Å². The molecule has 1 atom stereocenters. The van der Waals surface area contributed by atoms with Crippen LogP contribution in [0.25, 0.3) is 6.08 Å². The lowest BCUT2D eigenvalue weighted by atomic mass is 10.1. The Morgan fingerprint density at radius 2 is 2.22 bits per heavy atom. The van der Waals surface area contributed by atoms with Gasteiger partial charge in [0.2, 0.25) is 5.91 Å². The van der Waals surface area contributed by atoms with Crippen LogP contribution >= 0.6 is 24.0 Å². The highest BCUT2D eigenvalue weighted by atomic mass is 32.2. The van der Waals surface area contributed by atoms with Crippen molar-refractivity contribution in [3.05, 3.63) is 28.9 Å². The Balaban J connectivity index is 2.24. The minimum Gasteiger partial charge on any atom is -0.480 e. The van der Waals surface area contributed by atoms with Crippen LogP contribution in [-0.2, 0) is 21.4 Å². The molecule has 1 saturated heterocycles. The summed E-state index contributed by atoms with van der Waals surface area (Å²) in [4.78, 5) is 36.2. The van der Waals surface area contributed by atoms with Crippen molar-refractivity contribution in [1.29, 1.82) is 0 Å². The van der Waals surface area contributed by atoms with Gasteiger partial charge in [0.15, 0.2) is 0 Å². The third-order valence-electron chi connectivity index (χ3n) is 3.24. The Morgan fingerprint density at radius 1 is 1.52 bits per heavy atom. The number of thiocarbonyl (C=S) groups is 1. The monoisotopic (exact) mass is 353 g/mol. The van der Waals surface area contributed by atoms with Gasteiger partial charge in [0, 0.05) is 25.9 Å². The van der Waals surface area contributed by atoms with Crippen LogP contribution in [0.3, 0.4) is 0 Å². The standard InChI is InChI=1S/C14H15N3O4S2/c1-16-5-4-8(7-16)6-10-12(19)17(14(22)23-10)9(13(20)21)2-3-11(15)18/h4-7,9H,2-3H2,1H3,(H2,15,18)(H,20,21)/b10-6+. The molecule has 2 heterocycles. The summed E-state index contributed by atoms with van der Waals surface area (Å²) in [7, 11) is 1.85. The molecule has 0 aliphatic carbocycles. The van der Waals surface area contributed by atoms with Crippen molar-refractivity contribution in [3.8, 4) is 0 Å². The van der Waals surface area contributed by atoms with Crippen molar-refractivity contribution >= 4 is 52.2 Å². The van der Waals surface area contributed by atoms with Crippen molar-refractivity contribution in [2.75, 3.05) is 0 Å². The number of aromatic nitrogens is 1. The highest BCUT2D eigenvalue weighted by Gasteiger charge is 2.40. The highest BCUT2D eigenvalue weighted by molar-refractivity contribution is 8.26. The van der Waals surface area contributed by atoms with Crippen molar-refractivity contribution in [2.45, 2.75) is 18.9 Å². The maximum absolute atomic E-state index is 12.5. The van der Waals surface area contributed by atoms with E-state index in [1.54, 1.807) is 6.08 Å². The molecule has 0 saturated carbocycles. The van der Waals surface area contributed by atoms with Crippen LogP contribution in [0.4, 0.5) is 0 Å². The smallest absolute Gasteiger partial charge is 0.326 e. The Labute approximate surface area is 142 Å². The largest absolute Gasteiger partial charge is 0.480 e. The summed E-state index contributed by atoms with van der Waals surface area (Å²) in [6, 6.07) is 0.630. The normalized spacial score (nSPS) is 17.8. The van der Waals surface area contributed by atoms with Gasteiger partial charge in [0.25, 0.3) is 5.91 Å². The first kappa shape index (κ1) is 17.2. The van der Waals surface area contributed by atoms with Crippen molar-refractivity contribution in [3.63, 3.8) is 0 Å². The molecule has 2 rings (SSSR count). The van der Waals surface area contributed by atoms with E-state index in [0.717, 1.165) is 22.2 Å². The summed E-state index contributed by atoms with van der Waals surface area (Å²) in [6.45, 7) is 0. The Kier molecular flexibility index (Phi) is 5.22. The molecule has 1 aromatic rings. The van der Waals surface area contributed by atoms with Crippen LogP contribution < -0.4 is 5.73 Å². The van der Waals surface area contributed by atoms with E-state index >= 15 is 0 Å². The topological polar surface area (TPSA) is 106 Å². The van der Waals surface area contributed by atoms with Gasteiger partial charge in [0.05, 0.1) is 4.91 Å². The van der Waals surface area contributed by atoms with Gasteiger partial charge < -0.3 is 15.4 Å². The van der Waals surface area contributed by atoms with Crippen LogP contribution in [0.1, 0.15) is 18.4 Å². The van der Waals surface area contributed by atoms with Gasteiger partial charge in [-0.05, 0) is 24.1 Å². The first-order valence-corrected chi connectivity index (χ1v) is 7.92. The lowest BCUT2D eigenvalue weighted by Gasteiger charge is -2.22. The van der Waals surface area contributed by atoms with E-state index < -0.39 is 23.8 Å². The fraction of sp³-hybridized carbons (Fsp3) is 0.286. The fourth-order valence-corrected chi connectivity index (χ4v) is 3.51. The van der Waals surface area contributed by atoms with E-state index in [1.807, 2.05) is 30.1 Å². The molecule has 7 nitrogen and oxygen atoms in total. The molecule has 9 heteroatoms. The molecule has 1 aliphatic heterocycles. The van der Waals surface area contributed by atoms with Crippen LogP contribution in [0, 0.1) is 0 Å². The highest BCUT2D eigenvalue weighted by Crippen LogP contribution is 2.34. The quantitative estimate of drug-likeness (QED) is 0.582. The number of rotatable bonds is 6. The predicted octanol–water partition coefficient (Wildman–Crippen LogP) is 0.945. The second-order valence-corrected chi connectivity index (χ2v) is 6.70. The number of primary amides is 1. The molecule has 2 amide bonds. The minimum absolute atomic E-state index is 0.0737. The molecule has 122 valence electrons. The number of amides is 2. The lowest BCUT2D eigenvalue weighted by molar-refractivity contribution is -0.145. The van der Waals surface area contributed by atoms with Gasteiger partial charge in [0.1, 0.15) is 10.4 Å². The second-order valence-electron chi connectivity index (χ2n) is 5.02. The van der Waals surface area contributed by atoms with Gasteiger partial charge in [-0.1, -0.05) is 24.0 Å². The number of hydrogen-bond donors (Lipinski definition) is 2. The van der Waals surface area contributed by atoms with E-state index in [-0.39, 0.29) is 17.2 Å². The molecule has 1 aromatic heterocycles. The minimum atomic E-state index is -1.22. The molecule has 0 spiro atoms. The van der Waals surface area contributed by atoms with E-state index in [1.165, 1.54) is 0 Å². The molecule has 23 heavy (non-hydrogen) atoms. The van der Waals surface area contributed by atoms with Crippen LogP contribution in [-0.4, -0.2) is 42.7 Å². The number of carboxylic acid groups (broad SMARTS) is 1. The first-order valence-electron chi connectivity index (χ1n) is 6.69. The average Bonchev–Trinajstić information content (AvgIpc) is 2.96. The summed E-state index contributed by atoms with van der Waals surface area (Å²) in [6.07, 6.45) is 5.11. The maximum atomic E-state index is 12.5. The van der Waals surface area contributed by atoms with Crippen molar-refractivity contribution in [1.82, 2.24) is 9.47 Å². The zero-order valence-corrected chi connectivity index (χ0v) is 13.9. The molecule has 3 N–H and O–H groups in total. The number of carbonyl (C=O) groups excluding carboxylic acids is 2. The molecule has 1 aliphatic rings. The SMILES string of the molecule is Cn1ccc(/C=C2/SC(=S)N(C(CCC(N)=O)C(=O)O)C2=O)c1. The molecular formula is C14H15N3O4S2. The maximum Gasteiger partial charge on any atom is 0.326 e. The zero-order chi connectivity index (χ0) is 17.1. The molecule has 0 bridgehead atoms. The van der Waals surface area contributed by atoms with Gasteiger partial charge in [-0.25, -0.2) is 4.79 Å². The Hall–Kier alpha value is -2.13. The molecule has 1 fully saturated rings. The molecular weight excluding hydrogens is 338 g/mol.